The van der Waals surface area contributed by atoms with Crippen LogP contribution in [0, 0.1) is 11.8 Å². The number of fused-ring (bicyclic) bond motifs is 3. The smallest absolute Gasteiger partial charge is 0.306 e. The maximum Gasteiger partial charge on any atom is 0.306 e. The number of nitrogens with one attached hydrogen (secondary N) is 1. The van der Waals surface area contributed by atoms with Gasteiger partial charge in [-0.25, -0.2) is 0 Å². The van der Waals surface area contributed by atoms with Crippen LogP contribution in [0.2, 0.25) is 25.2 Å². The summed E-state index contributed by atoms with van der Waals surface area (Å²) in [5, 5.41) is 15.9. The second kappa shape index (κ2) is 9.89. The highest BCUT2D eigenvalue weighted by molar-refractivity contribution is 6.77. The lowest BCUT2D eigenvalue weighted by Crippen LogP contribution is -2.53. The summed E-state index contributed by atoms with van der Waals surface area (Å²) in [6, 6.07) is 13.3. The molecule has 0 saturated heterocycles. The second-order valence-corrected chi connectivity index (χ2v) is 18.3. The van der Waals surface area contributed by atoms with Gasteiger partial charge in [-0.15, -0.1) is 0 Å². The number of hydrogen-bond donors (Lipinski definition) is 2. The first-order chi connectivity index (χ1) is 16.7. The van der Waals surface area contributed by atoms with Gasteiger partial charge in [-0.05, 0) is 104 Å². The van der Waals surface area contributed by atoms with Crippen molar-refractivity contribution in [1.82, 2.24) is 5.32 Å². The minimum atomic E-state index is -1.04. The van der Waals surface area contributed by atoms with Crippen molar-refractivity contribution in [2.24, 2.45) is 11.8 Å². The first-order valence-corrected chi connectivity index (χ1v) is 17.5. The zero-order valence-corrected chi connectivity index (χ0v) is 22.8. The van der Waals surface area contributed by atoms with Gasteiger partial charge >= 0.3 is 5.97 Å². The largest absolute Gasteiger partial charge is 0.490 e. The molecule has 3 aliphatic rings. The molecule has 190 valence electrons. The molecule has 3 atom stereocenters. The standard InChI is InChI=1S/C30H43NO3Si/c1-35(2,3)27-12-10-25(11-13-27)34-26-9-8-22-17-21(6-7-23(22)18-26)20-31-30-15-4-5-24(19-30)28(14-16-30)29(32)33/h6-9,17-18,24-25,27-28,31H,4-5,10-16,19-20H2,1-3H3,(H,32,33)/t24?,25-,27-,28?,30?. The van der Waals surface area contributed by atoms with Crippen molar-refractivity contribution >= 4 is 24.8 Å². The van der Waals surface area contributed by atoms with Crippen molar-refractivity contribution < 1.29 is 14.6 Å². The third kappa shape index (κ3) is 5.61. The van der Waals surface area contributed by atoms with E-state index >= 15 is 0 Å². The Morgan fingerprint density at radius 3 is 2.49 bits per heavy atom. The maximum absolute atomic E-state index is 11.6. The third-order valence-electron chi connectivity index (χ3n) is 9.45. The van der Waals surface area contributed by atoms with Gasteiger partial charge < -0.3 is 15.2 Å². The molecular formula is C30H43NO3Si. The van der Waals surface area contributed by atoms with Crippen molar-refractivity contribution in [3.63, 3.8) is 0 Å². The average Bonchev–Trinajstić information content (AvgIpc) is 2.82. The summed E-state index contributed by atoms with van der Waals surface area (Å²) in [7, 11) is -1.04. The molecule has 0 aromatic heterocycles. The lowest BCUT2D eigenvalue weighted by atomic mass is 9.62. The Kier molecular flexibility index (Phi) is 7.02. The summed E-state index contributed by atoms with van der Waals surface area (Å²) in [6.45, 7) is 8.35. The van der Waals surface area contributed by atoms with Gasteiger partial charge in [-0.2, -0.15) is 0 Å². The molecule has 35 heavy (non-hydrogen) atoms. The average molecular weight is 494 g/mol. The van der Waals surface area contributed by atoms with Crippen LogP contribution in [-0.4, -0.2) is 30.8 Å². The third-order valence-corrected chi connectivity index (χ3v) is 12.5. The van der Waals surface area contributed by atoms with E-state index in [4.69, 9.17) is 4.74 Å². The van der Waals surface area contributed by atoms with Gasteiger partial charge in [0.1, 0.15) is 5.75 Å². The molecule has 3 unspecified atom stereocenters. The fraction of sp³-hybridized carbons (Fsp3) is 0.633. The van der Waals surface area contributed by atoms with Crippen LogP contribution in [0.3, 0.4) is 0 Å². The Morgan fingerprint density at radius 2 is 1.74 bits per heavy atom. The fourth-order valence-corrected chi connectivity index (χ4v) is 9.27. The first kappa shape index (κ1) is 24.8. The molecule has 2 bridgehead atoms. The second-order valence-electron chi connectivity index (χ2n) is 12.8. The van der Waals surface area contributed by atoms with Gasteiger partial charge in [-0.1, -0.05) is 44.3 Å². The number of hydrogen-bond acceptors (Lipinski definition) is 3. The van der Waals surface area contributed by atoms with Crippen LogP contribution in [0.15, 0.2) is 36.4 Å². The Balaban J connectivity index is 1.19. The van der Waals surface area contributed by atoms with E-state index in [9.17, 15) is 9.90 Å². The lowest BCUT2D eigenvalue weighted by molar-refractivity contribution is -0.146. The number of carbonyl (C=O) groups is 1. The van der Waals surface area contributed by atoms with Gasteiger partial charge in [0.2, 0.25) is 0 Å². The van der Waals surface area contributed by atoms with Crippen LogP contribution >= 0.6 is 0 Å². The molecule has 0 amide bonds. The maximum atomic E-state index is 11.6. The van der Waals surface area contributed by atoms with Crippen molar-refractivity contribution in [2.75, 3.05) is 0 Å². The molecule has 5 rings (SSSR count). The lowest BCUT2D eigenvalue weighted by Gasteiger charge is -2.48. The molecule has 0 aliphatic heterocycles. The highest BCUT2D eigenvalue weighted by Gasteiger charge is 2.45. The molecule has 2 aromatic carbocycles. The molecule has 3 aliphatic carbocycles. The molecule has 2 N–H and O–H groups in total. The Hall–Kier alpha value is -1.85. The van der Waals surface area contributed by atoms with Gasteiger partial charge in [0.25, 0.3) is 0 Å². The number of rotatable bonds is 7. The monoisotopic (exact) mass is 493 g/mol. The molecule has 2 aromatic rings. The predicted molar refractivity (Wildman–Crippen MR) is 146 cm³/mol. The number of carboxylic acids is 1. The summed E-state index contributed by atoms with van der Waals surface area (Å²) >= 11 is 0. The molecule has 3 fully saturated rings. The molecule has 0 spiro atoms. The SMILES string of the molecule is C[Si](C)(C)[C@H]1CC[C@H](Oc2ccc3cc(CNC45CCCC(C4)C(C(=O)O)CC5)ccc3c2)CC1. The summed E-state index contributed by atoms with van der Waals surface area (Å²) in [5.41, 5.74) is 2.36. The van der Waals surface area contributed by atoms with Crippen molar-refractivity contribution in [3.05, 3.63) is 42.0 Å². The minimum Gasteiger partial charge on any atom is -0.490 e. The van der Waals surface area contributed by atoms with E-state index in [1.807, 2.05) is 0 Å². The van der Waals surface area contributed by atoms with E-state index in [-0.39, 0.29) is 11.5 Å². The fourth-order valence-electron chi connectivity index (χ4n) is 7.21. The van der Waals surface area contributed by atoms with Gasteiger partial charge in [0.05, 0.1) is 12.0 Å². The van der Waals surface area contributed by atoms with Crippen LogP contribution in [0.4, 0.5) is 0 Å². The summed E-state index contributed by atoms with van der Waals surface area (Å²) in [5.74, 6) is 0.602. The number of aliphatic carboxylic acids is 1. The van der Waals surface area contributed by atoms with E-state index in [0.717, 1.165) is 49.9 Å². The molecular weight excluding hydrogens is 450 g/mol. The predicted octanol–water partition coefficient (Wildman–Crippen LogP) is 7.38. The first-order valence-electron chi connectivity index (χ1n) is 13.9. The van der Waals surface area contributed by atoms with Crippen molar-refractivity contribution in [2.45, 2.75) is 108 Å². The number of ether oxygens (including phenoxy) is 1. The Labute approximate surface area is 211 Å². The Bertz CT molecular complexity index is 1060. The molecule has 0 radical (unpaired) electrons. The highest BCUT2D eigenvalue weighted by atomic mass is 28.3. The molecule has 4 nitrogen and oxygen atoms in total. The topological polar surface area (TPSA) is 58.6 Å². The normalized spacial score (nSPS) is 31.3. The van der Waals surface area contributed by atoms with E-state index in [1.54, 1.807) is 0 Å². The molecule has 3 saturated carbocycles. The zero-order valence-electron chi connectivity index (χ0n) is 21.8. The van der Waals surface area contributed by atoms with E-state index < -0.39 is 14.0 Å². The molecule has 0 heterocycles. The van der Waals surface area contributed by atoms with Crippen LogP contribution < -0.4 is 10.1 Å². The number of carboxylic acid groups (broad SMARTS) is 1. The quantitative estimate of drug-likeness (QED) is 0.395. The van der Waals surface area contributed by atoms with E-state index in [1.165, 1.54) is 48.4 Å². The highest BCUT2D eigenvalue weighted by Crippen LogP contribution is 2.46. The van der Waals surface area contributed by atoms with Crippen molar-refractivity contribution in [3.8, 4) is 5.75 Å². The molecule has 5 heteroatoms. The van der Waals surface area contributed by atoms with Gasteiger partial charge in [-0.3, -0.25) is 4.79 Å². The minimum absolute atomic E-state index is 0.121. The van der Waals surface area contributed by atoms with Crippen molar-refractivity contribution in [1.29, 1.82) is 0 Å². The van der Waals surface area contributed by atoms with E-state index in [2.05, 4.69) is 61.4 Å². The summed E-state index contributed by atoms with van der Waals surface area (Å²) in [6.07, 6.45) is 11.6. The van der Waals surface area contributed by atoms with Gasteiger partial charge in [0, 0.05) is 20.2 Å². The van der Waals surface area contributed by atoms with Gasteiger partial charge in [0.15, 0.2) is 0 Å². The van der Waals surface area contributed by atoms with Crippen LogP contribution in [0.25, 0.3) is 10.8 Å². The van der Waals surface area contributed by atoms with Crippen LogP contribution in [0.5, 0.6) is 5.75 Å². The summed E-state index contributed by atoms with van der Waals surface area (Å²) in [4.78, 5) is 11.6. The number of benzene rings is 2. The summed E-state index contributed by atoms with van der Waals surface area (Å²) < 4.78 is 6.41. The van der Waals surface area contributed by atoms with Crippen LogP contribution in [-0.2, 0) is 11.3 Å². The Morgan fingerprint density at radius 1 is 1.00 bits per heavy atom. The zero-order chi connectivity index (χ0) is 24.6. The van der Waals surface area contributed by atoms with E-state index in [0.29, 0.717) is 12.0 Å². The van der Waals surface area contributed by atoms with Crippen LogP contribution in [0.1, 0.15) is 69.8 Å².